The number of ether oxygens (including phenoxy) is 3. The molecular weight excluding hydrogens is 272 g/mol. The Balaban J connectivity index is 3.14. The van der Waals surface area contributed by atoms with Gasteiger partial charge in [0.1, 0.15) is 5.60 Å². The molecule has 0 heterocycles. The van der Waals surface area contributed by atoms with Crippen LogP contribution in [0.25, 0.3) is 0 Å². The number of nitrogens with one attached hydrogen (secondary N) is 1. The highest BCUT2D eigenvalue weighted by molar-refractivity contribution is 5.88. The van der Waals surface area contributed by atoms with Crippen LogP contribution >= 0.6 is 0 Å². The molecule has 0 aromatic heterocycles. The van der Waals surface area contributed by atoms with Crippen molar-refractivity contribution in [2.75, 3.05) is 19.5 Å². The van der Waals surface area contributed by atoms with Crippen LogP contribution in [0.1, 0.15) is 39.3 Å². The quantitative estimate of drug-likeness (QED) is 0.892. The van der Waals surface area contributed by atoms with Crippen LogP contribution in [0.4, 0.5) is 10.5 Å². The molecule has 0 aliphatic carbocycles. The van der Waals surface area contributed by atoms with Gasteiger partial charge in [-0.05, 0) is 45.4 Å². The lowest BCUT2D eigenvalue weighted by Gasteiger charge is -2.21. The zero-order valence-electron chi connectivity index (χ0n) is 13.4. The van der Waals surface area contributed by atoms with Crippen molar-refractivity contribution in [3.05, 3.63) is 17.7 Å². The second-order valence-electron chi connectivity index (χ2n) is 5.72. The lowest BCUT2D eigenvalue weighted by Crippen LogP contribution is -2.27. The fourth-order valence-electron chi connectivity index (χ4n) is 1.76. The van der Waals surface area contributed by atoms with Gasteiger partial charge in [0.2, 0.25) is 0 Å². The van der Waals surface area contributed by atoms with E-state index in [1.165, 1.54) is 14.2 Å². The molecule has 118 valence electrons. The highest BCUT2D eigenvalue weighted by Crippen LogP contribution is 2.38. The fraction of sp³-hybridized carbons (Fsp3) is 0.533. The Kier molecular flexibility index (Phi) is 5.43. The number of amides is 1. The smallest absolute Gasteiger partial charge is 0.412 e. The zero-order chi connectivity index (χ0) is 16.2. The van der Waals surface area contributed by atoms with Crippen molar-refractivity contribution >= 4 is 11.8 Å². The van der Waals surface area contributed by atoms with Gasteiger partial charge >= 0.3 is 6.09 Å². The maximum Gasteiger partial charge on any atom is 0.412 e. The summed E-state index contributed by atoms with van der Waals surface area (Å²) in [6.45, 7) is 7.23. The summed E-state index contributed by atoms with van der Waals surface area (Å²) in [5.41, 5.74) is 6.58. The molecule has 0 radical (unpaired) electrons. The molecule has 1 aromatic rings. The fourth-order valence-corrected chi connectivity index (χ4v) is 1.76. The molecule has 0 aliphatic heterocycles. The molecule has 6 nitrogen and oxygen atoms in total. The molecule has 0 saturated carbocycles. The van der Waals surface area contributed by atoms with Gasteiger partial charge in [0, 0.05) is 6.04 Å². The minimum Gasteiger partial charge on any atom is -0.493 e. The van der Waals surface area contributed by atoms with Crippen molar-refractivity contribution in [2.24, 2.45) is 5.73 Å². The van der Waals surface area contributed by atoms with Gasteiger partial charge in [-0.2, -0.15) is 0 Å². The Morgan fingerprint density at radius 3 is 2.29 bits per heavy atom. The number of nitrogens with two attached hydrogens (primary N) is 1. The van der Waals surface area contributed by atoms with Crippen molar-refractivity contribution in [2.45, 2.75) is 39.3 Å². The largest absolute Gasteiger partial charge is 0.493 e. The number of carbonyl (C=O) groups excluding carboxylic acids is 1. The van der Waals surface area contributed by atoms with E-state index in [1.54, 1.807) is 32.9 Å². The van der Waals surface area contributed by atoms with Crippen molar-refractivity contribution in [1.29, 1.82) is 0 Å². The molecule has 6 heteroatoms. The average molecular weight is 296 g/mol. The Morgan fingerprint density at radius 2 is 1.86 bits per heavy atom. The summed E-state index contributed by atoms with van der Waals surface area (Å²) in [7, 11) is 3.03. The Morgan fingerprint density at radius 1 is 1.24 bits per heavy atom. The van der Waals surface area contributed by atoms with Crippen LogP contribution in [0.3, 0.4) is 0 Å². The Hall–Kier alpha value is -1.95. The summed E-state index contributed by atoms with van der Waals surface area (Å²) in [6, 6.07) is 3.32. The van der Waals surface area contributed by atoms with Crippen molar-refractivity contribution < 1.29 is 19.0 Å². The highest BCUT2D eigenvalue weighted by atomic mass is 16.6. The predicted octanol–water partition coefficient (Wildman–Crippen LogP) is 3.07. The number of benzene rings is 1. The summed E-state index contributed by atoms with van der Waals surface area (Å²) >= 11 is 0. The van der Waals surface area contributed by atoms with E-state index in [4.69, 9.17) is 19.9 Å². The number of rotatable bonds is 4. The minimum atomic E-state index is -0.583. The van der Waals surface area contributed by atoms with Gasteiger partial charge in [-0.25, -0.2) is 4.79 Å². The number of anilines is 1. The van der Waals surface area contributed by atoms with Crippen LogP contribution in [0, 0.1) is 0 Å². The SMILES string of the molecule is COc1cc(C(C)N)cc(NC(=O)OC(C)(C)C)c1OC. The number of hydrogen-bond acceptors (Lipinski definition) is 5. The molecule has 1 unspecified atom stereocenters. The molecule has 1 aromatic carbocycles. The maximum atomic E-state index is 11.9. The van der Waals surface area contributed by atoms with E-state index >= 15 is 0 Å². The van der Waals surface area contributed by atoms with Crippen LogP contribution in [-0.4, -0.2) is 25.9 Å². The van der Waals surface area contributed by atoms with E-state index in [9.17, 15) is 4.79 Å². The topological polar surface area (TPSA) is 82.8 Å². The molecule has 1 rings (SSSR count). The lowest BCUT2D eigenvalue weighted by molar-refractivity contribution is 0.0635. The van der Waals surface area contributed by atoms with Crippen LogP contribution in [0.2, 0.25) is 0 Å². The molecule has 1 atom stereocenters. The summed E-state index contributed by atoms with van der Waals surface area (Å²) in [5.74, 6) is 0.922. The highest BCUT2D eigenvalue weighted by Gasteiger charge is 2.20. The van der Waals surface area contributed by atoms with Crippen molar-refractivity contribution in [3.63, 3.8) is 0 Å². The molecule has 1 amide bonds. The molecule has 0 fully saturated rings. The second kappa shape index (κ2) is 6.67. The third kappa shape index (κ3) is 4.82. The molecule has 3 N–H and O–H groups in total. The molecule has 0 aliphatic rings. The van der Waals surface area contributed by atoms with E-state index in [0.29, 0.717) is 17.2 Å². The second-order valence-corrected chi connectivity index (χ2v) is 5.72. The molecule has 21 heavy (non-hydrogen) atoms. The van der Waals surface area contributed by atoms with E-state index < -0.39 is 11.7 Å². The lowest BCUT2D eigenvalue weighted by atomic mass is 10.1. The molecule has 0 saturated heterocycles. The zero-order valence-corrected chi connectivity index (χ0v) is 13.4. The number of carbonyl (C=O) groups is 1. The summed E-state index contributed by atoms with van der Waals surface area (Å²) in [6.07, 6.45) is -0.565. The van der Waals surface area contributed by atoms with Crippen LogP contribution < -0.4 is 20.5 Å². The molecule has 0 spiro atoms. The first kappa shape index (κ1) is 17.1. The van der Waals surface area contributed by atoms with Gasteiger partial charge in [-0.1, -0.05) is 0 Å². The number of hydrogen-bond donors (Lipinski definition) is 2. The Labute approximate surface area is 125 Å². The van der Waals surface area contributed by atoms with Crippen molar-refractivity contribution in [1.82, 2.24) is 0 Å². The van der Waals surface area contributed by atoms with Gasteiger partial charge in [-0.3, -0.25) is 5.32 Å². The van der Waals surface area contributed by atoms with Gasteiger partial charge in [0.05, 0.1) is 19.9 Å². The molecular formula is C15H24N2O4. The normalized spacial score (nSPS) is 12.5. The van der Waals surface area contributed by atoms with E-state index in [2.05, 4.69) is 5.32 Å². The molecule has 0 bridgehead atoms. The Bertz CT molecular complexity index is 507. The van der Waals surface area contributed by atoms with E-state index in [0.717, 1.165) is 5.56 Å². The van der Waals surface area contributed by atoms with Crippen LogP contribution in [0.5, 0.6) is 11.5 Å². The van der Waals surface area contributed by atoms with Crippen LogP contribution in [0.15, 0.2) is 12.1 Å². The summed E-state index contributed by atoms with van der Waals surface area (Å²) in [5, 5.41) is 2.67. The summed E-state index contributed by atoms with van der Waals surface area (Å²) < 4.78 is 15.8. The monoisotopic (exact) mass is 296 g/mol. The van der Waals surface area contributed by atoms with Gasteiger partial charge < -0.3 is 19.9 Å². The first-order valence-electron chi connectivity index (χ1n) is 6.69. The van der Waals surface area contributed by atoms with Gasteiger partial charge in [0.15, 0.2) is 11.5 Å². The first-order chi connectivity index (χ1) is 9.67. The van der Waals surface area contributed by atoms with Gasteiger partial charge in [-0.15, -0.1) is 0 Å². The van der Waals surface area contributed by atoms with Crippen molar-refractivity contribution in [3.8, 4) is 11.5 Å². The standard InChI is InChI=1S/C15H24N2O4/c1-9(16)10-7-11(13(20-6)12(8-10)19-5)17-14(18)21-15(2,3)4/h7-9H,16H2,1-6H3,(H,17,18). The number of methoxy groups -OCH3 is 2. The van der Waals surface area contributed by atoms with E-state index in [-0.39, 0.29) is 6.04 Å². The van der Waals surface area contributed by atoms with Gasteiger partial charge in [0.25, 0.3) is 0 Å². The van der Waals surface area contributed by atoms with Crippen LogP contribution in [-0.2, 0) is 4.74 Å². The third-order valence-electron chi connectivity index (χ3n) is 2.66. The minimum absolute atomic E-state index is 0.205. The third-order valence-corrected chi connectivity index (χ3v) is 2.66. The van der Waals surface area contributed by atoms with E-state index in [1.807, 2.05) is 6.92 Å². The first-order valence-corrected chi connectivity index (χ1v) is 6.69. The predicted molar refractivity (Wildman–Crippen MR) is 82.0 cm³/mol. The average Bonchev–Trinajstić information content (AvgIpc) is 2.35. The summed E-state index contributed by atoms with van der Waals surface area (Å²) in [4.78, 5) is 11.9. The maximum absolute atomic E-state index is 11.9.